The second-order valence-electron chi connectivity index (χ2n) is 9.61. The number of benzene rings is 3. The van der Waals surface area contributed by atoms with E-state index in [0.29, 0.717) is 29.1 Å². The van der Waals surface area contributed by atoms with E-state index in [1.165, 1.54) is 29.5 Å². The van der Waals surface area contributed by atoms with E-state index in [4.69, 9.17) is 16.3 Å². The predicted molar refractivity (Wildman–Crippen MR) is 140 cm³/mol. The van der Waals surface area contributed by atoms with E-state index < -0.39 is 12.1 Å². The Morgan fingerprint density at radius 1 is 0.838 bits per heavy atom. The zero-order valence-corrected chi connectivity index (χ0v) is 21.1. The molecule has 0 aromatic heterocycles. The van der Waals surface area contributed by atoms with Crippen molar-refractivity contribution in [2.45, 2.75) is 38.2 Å². The highest BCUT2D eigenvalue weighted by atomic mass is 35.5. The SMILES string of the molecule is C[C@H](OC(=O)c1ccc(N2C(=O)[C@H]3C[C@H](c4ccccc4)CC[C@H]3C2=O)cc1)C(=O)c1ccc(Cl)cc1. The number of nitrogens with zero attached hydrogens (tertiary/aromatic N) is 1. The quantitative estimate of drug-likeness (QED) is 0.234. The van der Waals surface area contributed by atoms with E-state index in [0.717, 1.165) is 6.42 Å². The van der Waals surface area contributed by atoms with Crippen LogP contribution in [0.15, 0.2) is 78.9 Å². The Balaban J connectivity index is 1.25. The van der Waals surface area contributed by atoms with Crippen molar-refractivity contribution >= 4 is 40.9 Å². The van der Waals surface area contributed by atoms with E-state index in [9.17, 15) is 19.2 Å². The van der Waals surface area contributed by atoms with Gasteiger partial charge in [0.25, 0.3) is 0 Å². The van der Waals surface area contributed by atoms with E-state index in [2.05, 4.69) is 12.1 Å². The molecule has 5 rings (SSSR count). The van der Waals surface area contributed by atoms with Crippen molar-refractivity contribution in [1.29, 1.82) is 0 Å². The lowest BCUT2D eigenvalue weighted by Gasteiger charge is -2.28. The third-order valence-electron chi connectivity index (χ3n) is 7.34. The van der Waals surface area contributed by atoms with Crippen molar-refractivity contribution in [1.82, 2.24) is 0 Å². The molecule has 0 spiro atoms. The molecule has 37 heavy (non-hydrogen) atoms. The highest BCUT2D eigenvalue weighted by Crippen LogP contribution is 2.45. The molecule has 7 heteroatoms. The summed E-state index contributed by atoms with van der Waals surface area (Å²) in [6, 6.07) is 22.6. The van der Waals surface area contributed by atoms with Crippen LogP contribution < -0.4 is 4.90 Å². The smallest absolute Gasteiger partial charge is 0.338 e. The Morgan fingerprint density at radius 3 is 2.14 bits per heavy atom. The first-order chi connectivity index (χ1) is 17.8. The van der Waals surface area contributed by atoms with Gasteiger partial charge in [0.15, 0.2) is 6.10 Å². The van der Waals surface area contributed by atoms with Crippen LogP contribution in [0.4, 0.5) is 5.69 Å². The van der Waals surface area contributed by atoms with Crippen LogP contribution in [0.1, 0.15) is 58.4 Å². The average molecular weight is 516 g/mol. The molecule has 1 heterocycles. The molecule has 3 aromatic rings. The maximum Gasteiger partial charge on any atom is 0.338 e. The van der Waals surface area contributed by atoms with Gasteiger partial charge in [-0.05, 0) is 86.2 Å². The molecule has 0 radical (unpaired) electrons. The Hall–Kier alpha value is -3.77. The molecule has 1 aliphatic carbocycles. The zero-order valence-electron chi connectivity index (χ0n) is 20.3. The van der Waals surface area contributed by atoms with Crippen LogP contribution >= 0.6 is 11.6 Å². The van der Waals surface area contributed by atoms with Crippen molar-refractivity contribution in [3.05, 3.63) is 101 Å². The molecule has 1 saturated carbocycles. The maximum atomic E-state index is 13.3. The molecule has 6 nitrogen and oxygen atoms in total. The van der Waals surface area contributed by atoms with Gasteiger partial charge in [-0.3, -0.25) is 19.3 Å². The van der Waals surface area contributed by atoms with Crippen LogP contribution in [0.5, 0.6) is 0 Å². The van der Waals surface area contributed by atoms with Crippen LogP contribution in [-0.4, -0.2) is 29.7 Å². The highest BCUT2D eigenvalue weighted by molar-refractivity contribution is 6.30. The van der Waals surface area contributed by atoms with Crippen LogP contribution in [0.3, 0.4) is 0 Å². The summed E-state index contributed by atoms with van der Waals surface area (Å²) in [5.74, 6) is -1.76. The summed E-state index contributed by atoms with van der Waals surface area (Å²) in [7, 11) is 0. The minimum absolute atomic E-state index is 0.181. The van der Waals surface area contributed by atoms with Crippen LogP contribution in [0.25, 0.3) is 0 Å². The lowest BCUT2D eigenvalue weighted by molar-refractivity contribution is -0.122. The number of amides is 2. The van der Waals surface area contributed by atoms with Gasteiger partial charge in [0.05, 0.1) is 23.1 Å². The number of hydrogen-bond donors (Lipinski definition) is 0. The van der Waals surface area contributed by atoms with Gasteiger partial charge in [-0.25, -0.2) is 4.79 Å². The number of Topliss-reactive ketones (excluding diaryl/α,β-unsaturated/α-hetero) is 1. The topological polar surface area (TPSA) is 80.8 Å². The molecule has 1 aliphatic heterocycles. The van der Waals surface area contributed by atoms with Gasteiger partial charge in [0.2, 0.25) is 17.6 Å². The number of carbonyl (C=O) groups is 4. The summed E-state index contributed by atoms with van der Waals surface area (Å²) in [6.45, 7) is 1.51. The molecule has 4 atom stereocenters. The number of esters is 1. The maximum absolute atomic E-state index is 13.3. The molecule has 1 saturated heterocycles. The second-order valence-corrected chi connectivity index (χ2v) is 10.0. The molecular formula is C30H26ClNO5. The number of imide groups is 1. The number of halogens is 1. The number of hydrogen-bond acceptors (Lipinski definition) is 5. The van der Waals surface area contributed by atoms with Gasteiger partial charge < -0.3 is 4.74 Å². The van der Waals surface area contributed by atoms with E-state index in [1.54, 1.807) is 36.4 Å². The Kier molecular flexibility index (Phi) is 6.94. The van der Waals surface area contributed by atoms with Gasteiger partial charge >= 0.3 is 5.97 Å². The van der Waals surface area contributed by atoms with Gasteiger partial charge in [-0.2, -0.15) is 0 Å². The minimum Gasteiger partial charge on any atom is -0.451 e. The normalized spacial score (nSPS) is 21.9. The molecule has 0 bridgehead atoms. The summed E-state index contributed by atoms with van der Waals surface area (Å²) < 4.78 is 5.35. The van der Waals surface area contributed by atoms with Gasteiger partial charge in [0.1, 0.15) is 0 Å². The summed E-state index contributed by atoms with van der Waals surface area (Å²) in [5, 5.41) is 0.506. The van der Waals surface area contributed by atoms with Crippen LogP contribution in [0, 0.1) is 11.8 Å². The molecule has 3 aromatic carbocycles. The van der Waals surface area contributed by atoms with Crippen molar-refractivity contribution in [3.8, 4) is 0 Å². The summed E-state index contributed by atoms with van der Waals surface area (Å²) in [5.41, 5.74) is 2.25. The van der Waals surface area contributed by atoms with Gasteiger partial charge in [0, 0.05) is 10.6 Å². The number of fused-ring (bicyclic) bond motifs is 1. The fourth-order valence-electron chi connectivity index (χ4n) is 5.34. The van der Waals surface area contributed by atoms with Crippen LogP contribution in [0.2, 0.25) is 5.02 Å². The molecule has 0 unspecified atom stereocenters. The Bertz CT molecular complexity index is 1340. The molecule has 2 amide bonds. The zero-order chi connectivity index (χ0) is 26.1. The van der Waals surface area contributed by atoms with E-state index in [1.807, 2.05) is 18.2 Å². The fraction of sp³-hybridized carbons (Fsp3) is 0.267. The third kappa shape index (κ3) is 4.94. The summed E-state index contributed by atoms with van der Waals surface area (Å²) in [6.07, 6.45) is 1.21. The number of ketones is 1. The summed E-state index contributed by atoms with van der Waals surface area (Å²) in [4.78, 5) is 52.9. The Morgan fingerprint density at radius 2 is 1.46 bits per heavy atom. The van der Waals surface area contributed by atoms with Crippen LogP contribution in [-0.2, 0) is 14.3 Å². The van der Waals surface area contributed by atoms with Gasteiger partial charge in [-0.15, -0.1) is 0 Å². The largest absolute Gasteiger partial charge is 0.451 e. The summed E-state index contributed by atoms with van der Waals surface area (Å²) >= 11 is 5.86. The first-order valence-electron chi connectivity index (χ1n) is 12.4. The average Bonchev–Trinajstić information content (AvgIpc) is 3.18. The first-order valence-corrected chi connectivity index (χ1v) is 12.7. The predicted octanol–water partition coefficient (Wildman–Crippen LogP) is 5.84. The molecule has 188 valence electrons. The number of ether oxygens (including phenoxy) is 1. The van der Waals surface area contributed by atoms with Crippen molar-refractivity contribution in [3.63, 3.8) is 0 Å². The number of rotatable bonds is 6. The standard InChI is InChI=1S/C30H26ClNO5/c1-18(27(33)20-7-12-23(31)13-8-20)37-30(36)21-9-14-24(15-10-21)32-28(34)25-16-11-22(17-26(25)29(32)35)19-5-3-2-4-6-19/h2-10,12-15,18,22,25-26H,11,16-17H2,1H3/t18-,22+,25+,26-/m0/s1. The van der Waals surface area contributed by atoms with Gasteiger partial charge in [-0.1, -0.05) is 41.9 Å². The highest BCUT2D eigenvalue weighted by Gasteiger charge is 2.50. The molecule has 2 fully saturated rings. The second kappa shape index (κ2) is 10.3. The Labute approximate surface area is 220 Å². The minimum atomic E-state index is -0.990. The van der Waals surface area contributed by atoms with Crippen molar-refractivity contribution in [2.24, 2.45) is 11.8 Å². The molecule has 2 aliphatic rings. The monoisotopic (exact) mass is 515 g/mol. The lowest BCUT2D eigenvalue weighted by Crippen LogP contribution is -2.31. The van der Waals surface area contributed by atoms with E-state index >= 15 is 0 Å². The number of carbonyl (C=O) groups excluding carboxylic acids is 4. The number of anilines is 1. The van der Waals surface area contributed by atoms with Crippen molar-refractivity contribution < 1.29 is 23.9 Å². The molecular weight excluding hydrogens is 490 g/mol. The first kappa shape index (κ1) is 24.9. The fourth-order valence-corrected chi connectivity index (χ4v) is 5.47. The third-order valence-corrected chi connectivity index (χ3v) is 7.59. The lowest BCUT2D eigenvalue weighted by atomic mass is 9.73. The van der Waals surface area contributed by atoms with Crippen molar-refractivity contribution in [2.75, 3.05) is 4.90 Å². The van der Waals surface area contributed by atoms with E-state index in [-0.39, 0.29) is 40.9 Å². The molecule has 0 N–H and O–H groups in total.